The van der Waals surface area contributed by atoms with E-state index in [9.17, 15) is 0 Å². The molecule has 23 heavy (non-hydrogen) atoms. The van der Waals surface area contributed by atoms with Crippen LogP contribution in [0.5, 0.6) is 5.75 Å². The van der Waals surface area contributed by atoms with Crippen LogP contribution in [0.4, 0.5) is 16.5 Å². The molecule has 0 saturated heterocycles. The Morgan fingerprint density at radius 3 is 2.65 bits per heavy atom. The van der Waals surface area contributed by atoms with E-state index < -0.39 is 0 Å². The Hall–Kier alpha value is -2.67. The summed E-state index contributed by atoms with van der Waals surface area (Å²) in [5.74, 6) is 0.799. The molecule has 7 nitrogen and oxygen atoms in total. The molecule has 0 aliphatic carbocycles. The standard InChI is InChI=1S/C14H12N6OS2/c15-6-7-5-10-11(16)14(22-13(10)19-12(7)17)20-21-8-1-3-9(23-18)4-2-8/h1-5,20H,16,18H2,(H2,17,19). The molecule has 116 valence electrons. The first-order valence-corrected chi connectivity index (χ1v) is 8.10. The molecule has 0 amide bonds. The van der Waals surface area contributed by atoms with Gasteiger partial charge in [-0.25, -0.2) is 10.5 Å². The number of fused-ring (bicyclic) bond motifs is 1. The highest BCUT2D eigenvalue weighted by Crippen LogP contribution is 2.38. The van der Waals surface area contributed by atoms with Crippen LogP contribution < -0.4 is 26.9 Å². The van der Waals surface area contributed by atoms with Gasteiger partial charge in [-0.3, -0.25) is 5.14 Å². The van der Waals surface area contributed by atoms with E-state index in [1.807, 2.05) is 18.2 Å². The maximum Gasteiger partial charge on any atom is 0.155 e. The molecular formula is C14H12N6OS2. The molecule has 0 radical (unpaired) electrons. The third-order valence-corrected chi connectivity index (χ3v) is 4.65. The number of nitrogens with two attached hydrogens (primary N) is 3. The number of thiophene rings is 1. The Morgan fingerprint density at radius 1 is 1.26 bits per heavy atom. The molecule has 0 bridgehead atoms. The molecule has 1 aromatic carbocycles. The molecule has 0 atom stereocenters. The summed E-state index contributed by atoms with van der Waals surface area (Å²) in [7, 11) is 0. The van der Waals surface area contributed by atoms with E-state index in [0.717, 1.165) is 16.8 Å². The molecular weight excluding hydrogens is 332 g/mol. The van der Waals surface area contributed by atoms with Gasteiger partial charge in [-0.1, -0.05) is 11.3 Å². The van der Waals surface area contributed by atoms with Gasteiger partial charge in [0.05, 0.1) is 11.3 Å². The molecule has 0 aliphatic rings. The molecule has 2 aromatic heterocycles. The number of nitrogens with one attached hydrogen (secondary N) is 1. The van der Waals surface area contributed by atoms with Crippen LogP contribution in [0.2, 0.25) is 0 Å². The van der Waals surface area contributed by atoms with Crippen LogP contribution >= 0.6 is 23.3 Å². The van der Waals surface area contributed by atoms with E-state index in [1.165, 1.54) is 11.3 Å². The maximum atomic E-state index is 9.01. The summed E-state index contributed by atoms with van der Waals surface area (Å²) in [6.45, 7) is 0. The summed E-state index contributed by atoms with van der Waals surface area (Å²) in [4.78, 5) is 11.3. The van der Waals surface area contributed by atoms with Crippen LogP contribution in [0.15, 0.2) is 35.2 Å². The number of nitriles is 1. The average molecular weight is 344 g/mol. The van der Waals surface area contributed by atoms with Gasteiger partial charge in [0.25, 0.3) is 0 Å². The maximum absolute atomic E-state index is 9.01. The molecule has 0 fully saturated rings. The van der Waals surface area contributed by atoms with Crippen LogP contribution in [-0.2, 0) is 0 Å². The summed E-state index contributed by atoms with van der Waals surface area (Å²) in [5, 5.41) is 15.7. The normalized spacial score (nSPS) is 10.4. The third kappa shape index (κ3) is 2.95. The summed E-state index contributed by atoms with van der Waals surface area (Å²) in [5.41, 5.74) is 15.4. The SMILES string of the molecule is N#Cc1cc2c(N)c(NOc3ccc(SN)cc3)sc2nc1N. The van der Waals surface area contributed by atoms with Gasteiger partial charge >= 0.3 is 0 Å². The molecule has 9 heteroatoms. The number of pyridine rings is 1. The summed E-state index contributed by atoms with van der Waals surface area (Å²) in [6.07, 6.45) is 0. The predicted octanol–water partition coefficient (Wildman–Crippen LogP) is 2.70. The molecule has 0 spiro atoms. The predicted molar refractivity (Wildman–Crippen MR) is 93.9 cm³/mol. The van der Waals surface area contributed by atoms with Crippen molar-refractivity contribution in [3.8, 4) is 11.8 Å². The lowest BCUT2D eigenvalue weighted by Crippen LogP contribution is -2.04. The zero-order valence-corrected chi connectivity index (χ0v) is 13.4. The van der Waals surface area contributed by atoms with Crippen molar-refractivity contribution in [3.63, 3.8) is 0 Å². The minimum Gasteiger partial charge on any atom is -0.396 e. The van der Waals surface area contributed by atoms with Gasteiger partial charge in [-0.15, -0.1) is 0 Å². The Bertz CT molecular complexity index is 900. The molecule has 0 unspecified atom stereocenters. The van der Waals surface area contributed by atoms with Gasteiger partial charge < -0.3 is 16.3 Å². The molecule has 0 saturated carbocycles. The molecule has 7 N–H and O–H groups in total. The van der Waals surface area contributed by atoms with Gasteiger partial charge in [0.15, 0.2) is 5.75 Å². The zero-order chi connectivity index (χ0) is 16.4. The van der Waals surface area contributed by atoms with Crippen LogP contribution in [-0.4, -0.2) is 4.98 Å². The van der Waals surface area contributed by atoms with Gasteiger partial charge in [0.1, 0.15) is 21.7 Å². The second-order valence-electron chi connectivity index (χ2n) is 4.52. The fourth-order valence-electron chi connectivity index (χ4n) is 1.91. The number of rotatable bonds is 4. The summed E-state index contributed by atoms with van der Waals surface area (Å²) < 4.78 is 0. The van der Waals surface area contributed by atoms with Crippen molar-refractivity contribution in [2.45, 2.75) is 4.90 Å². The highest BCUT2D eigenvalue weighted by atomic mass is 32.2. The fourth-order valence-corrected chi connectivity index (χ4v) is 3.12. The van der Waals surface area contributed by atoms with E-state index in [2.05, 4.69) is 10.5 Å². The minimum absolute atomic E-state index is 0.184. The lowest BCUT2D eigenvalue weighted by molar-refractivity contribution is 0.407. The topological polar surface area (TPSA) is 136 Å². The summed E-state index contributed by atoms with van der Waals surface area (Å²) in [6, 6.07) is 10.9. The van der Waals surface area contributed by atoms with Gasteiger partial charge in [-0.05, 0) is 42.3 Å². The van der Waals surface area contributed by atoms with E-state index >= 15 is 0 Å². The van der Waals surface area contributed by atoms with E-state index in [4.69, 9.17) is 26.7 Å². The number of anilines is 3. The zero-order valence-electron chi connectivity index (χ0n) is 11.7. The number of hydrogen-bond donors (Lipinski definition) is 4. The number of nitrogens with zero attached hydrogens (tertiary/aromatic N) is 2. The second-order valence-corrected chi connectivity index (χ2v) is 6.23. The molecule has 2 heterocycles. The minimum atomic E-state index is 0.184. The van der Waals surface area contributed by atoms with E-state index in [1.54, 1.807) is 18.2 Å². The van der Waals surface area contributed by atoms with Crippen molar-refractivity contribution in [2.75, 3.05) is 16.9 Å². The highest BCUT2D eigenvalue weighted by molar-refractivity contribution is 7.97. The van der Waals surface area contributed by atoms with Crippen molar-refractivity contribution >= 4 is 50.0 Å². The first-order valence-electron chi connectivity index (χ1n) is 6.40. The van der Waals surface area contributed by atoms with Crippen LogP contribution in [0.25, 0.3) is 10.2 Å². The first kappa shape index (κ1) is 15.2. The number of hydrogen-bond acceptors (Lipinski definition) is 9. The van der Waals surface area contributed by atoms with Gasteiger partial charge in [-0.2, -0.15) is 5.26 Å². The van der Waals surface area contributed by atoms with Crippen molar-refractivity contribution in [1.82, 2.24) is 4.98 Å². The number of benzene rings is 1. The average Bonchev–Trinajstić information content (AvgIpc) is 2.87. The largest absolute Gasteiger partial charge is 0.396 e. The quantitative estimate of drug-likeness (QED) is 0.419. The lowest BCUT2D eigenvalue weighted by Gasteiger charge is -2.07. The Labute approximate surface area is 140 Å². The Morgan fingerprint density at radius 2 is 2.00 bits per heavy atom. The third-order valence-electron chi connectivity index (χ3n) is 3.09. The smallest absolute Gasteiger partial charge is 0.155 e. The van der Waals surface area contributed by atoms with Crippen molar-refractivity contribution in [3.05, 3.63) is 35.9 Å². The second kappa shape index (κ2) is 6.21. The monoisotopic (exact) mass is 344 g/mol. The van der Waals surface area contributed by atoms with Crippen LogP contribution in [0.1, 0.15) is 5.56 Å². The van der Waals surface area contributed by atoms with Crippen LogP contribution in [0, 0.1) is 11.3 Å². The van der Waals surface area contributed by atoms with Crippen molar-refractivity contribution in [2.24, 2.45) is 5.14 Å². The van der Waals surface area contributed by atoms with Crippen molar-refractivity contribution < 1.29 is 4.84 Å². The fraction of sp³-hybridized carbons (Fsp3) is 0. The first-order chi connectivity index (χ1) is 11.1. The Balaban J connectivity index is 1.85. The Kier molecular flexibility index (Phi) is 4.12. The number of aromatic nitrogens is 1. The molecule has 0 aliphatic heterocycles. The number of nitrogen functional groups attached to an aromatic ring is 2. The van der Waals surface area contributed by atoms with Crippen molar-refractivity contribution in [1.29, 1.82) is 5.26 Å². The van der Waals surface area contributed by atoms with Gasteiger partial charge in [0, 0.05) is 10.3 Å². The van der Waals surface area contributed by atoms with E-state index in [0.29, 0.717) is 32.2 Å². The lowest BCUT2D eigenvalue weighted by atomic mass is 10.2. The highest BCUT2D eigenvalue weighted by Gasteiger charge is 2.14. The van der Waals surface area contributed by atoms with Gasteiger partial charge in [0.2, 0.25) is 0 Å². The molecule has 3 aromatic rings. The van der Waals surface area contributed by atoms with Crippen LogP contribution in [0.3, 0.4) is 0 Å². The molecule has 3 rings (SSSR count). The van der Waals surface area contributed by atoms with E-state index in [-0.39, 0.29) is 5.82 Å². The summed E-state index contributed by atoms with van der Waals surface area (Å²) >= 11 is 2.46.